The van der Waals surface area contributed by atoms with Crippen molar-refractivity contribution in [3.05, 3.63) is 59.3 Å². The lowest BCUT2D eigenvalue weighted by Gasteiger charge is -2.08. The number of rotatable bonds is 6. The Morgan fingerprint density at radius 2 is 2.33 bits per heavy atom. The lowest BCUT2D eigenvalue weighted by Crippen LogP contribution is -2.20. The van der Waals surface area contributed by atoms with Gasteiger partial charge in [-0.3, -0.25) is 4.79 Å². The first-order valence-electron chi connectivity index (χ1n) is 8.04. The van der Waals surface area contributed by atoms with E-state index in [0.717, 1.165) is 29.9 Å². The second-order valence-electron chi connectivity index (χ2n) is 5.42. The third-order valence-electron chi connectivity index (χ3n) is 3.72. The number of carbonyl (C=O) groups is 1. The van der Waals surface area contributed by atoms with E-state index in [1.165, 1.54) is 11.6 Å². The highest BCUT2D eigenvalue weighted by Gasteiger charge is 2.11. The van der Waals surface area contributed by atoms with E-state index in [1.807, 2.05) is 31.2 Å². The van der Waals surface area contributed by atoms with Crippen LogP contribution in [0.4, 0.5) is 0 Å². The first-order chi connectivity index (χ1) is 11.8. The second kappa shape index (κ2) is 7.64. The molecular weight excluding hydrogens is 304 g/mol. The van der Waals surface area contributed by atoms with Crippen LogP contribution in [-0.4, -0.2) is 24.1 Å². The van der Waals surface area contributed by atoms with E-state index in [0.29, 0.717) is 19.0 Å². The number of fused-ring (bicyclic) bond motifs is 1. The number of carbonyl (C=O) groups excluding carboxylic acids is 1. The molecule has 5 heteroatoms. The average Bonchev–Trinajstić information content (AvgIpc) is 3.07. The van der Waals surface area contributed by atoms with Crippen molar-refractivity contribution in [3.8, 4) is 11.6 Å². The van der Waals surface area contributed by atoms with Gasteiger partial charge in [0.25, 0.3) is 0 Å². The molecule has 0 radical (unpaired) electrons. The number of aromatic nitrogens is 1. The van der Waals surface area contributed by atoms with Gasteiger partial charge < -0.3 is 14.8 Å². The Labute approximate surface area is 141 Å². The Morgan fingerprint density at radius 1 is 1.42 bits per heavy atom. The van der Waals surface area contributed by atoms with Crippen molar-refractivity contribution in [3.63, 3.8) is 0 Å². The van der Waals surface area contributed by atoms with Crippen LogP contribution in [0.3, 0.4) is 0 Å². The molecular formula is C19H20N2O3. The number of amides is 1. The predicted octanol–water partition coefficient (Wildman–Crippen LogP) is 2.74. The molecule has 1 N–H and O–H groups in total. The zero-order valence-electron chi connectivity index (χ0n) is 13.6. The number of hydrogen-bond donors (Lipinski definition) is 1. The minimum Gasteiger partial charge on any atom is -0.493 e. The number of nitrogens with zero attached hydrogens (tertiary/aromatic N) is 1. The monoisotopic (exact) mass is 324 g/mol. The summed E-state index contributed by atoms with van der Waals surface area (Å²) in [5, 5.41) is 2.85. The van der Waals surface area contributed by atoms with Gasteiger partial charge in [0, 0.05) is 30.8 Å². The standard InChI is InChI=1S/C19H20N2O3/c1-2-23-19-16(4-3-10-20-19)13-21-18(22)8-6-14-5-7-17-15(12-14)9-11-24-17/h3-8,10,12H,2,9,11,13H2,1H3,(H,21,22)/b8-6+. The normalized spacial score (nSPS) is 12.7. The van der Waals surface area contributed by atoms with Crippen molar-refractivity contribution < 1.29 is 14.3 Å². The molecule has 2 heterocycles. The van der Waals surface area contributed by atoms with Gasteiger partial charge in [-0.1, -0.05) is 12.1 Å². The molecule has 0 spiro atoms. The Kier molecular flexibility index (Phi) is 5.11. The van der Waals surface area contributed by atoms with Crippen molar-refractivity contribution in [2.24, 2.45) is 0 Å². The van der Waals surface area contributed by atoms with Gasteiger partial charge in [0.05, 0.1) is 13.2 Å². The van der Waals surface area contributed by atoms with Crippen LogP contribution in [0, 0.1) is 0 Å². The van der Waals surface area contributed by atoms with E-state index in [4.69, 9.17) is 9.47 Å². The van der Waals surface area contributed by atoms with E-state index >= 15 is 0 Å². The van der Waals surface area contributed by atoms with E-state index in [-0.39, 0.29) is 5.91 Å². The fraction of sp³-hybridized carbons (Fsp3) is 0.263. The fourth-order valence-electron chi connectivity index (χ4n) is 2.55. The Bertz CT molecular complexity index is 756. The molecule has 0 bridgehead atoms. The Balaban J connectivity index is 1.58. The van der Waals surface area contributed by atoms with Crippen molar-refractivity contribution in [1.82, 2.24) is 10.3 Å². The molecule has 2 aromatic rings. The van der Waals surface area contributed by atoms with Gasteiger partial charge in [-0.2, -0.15) is 0 Å². The summed E-state index contributed by atoms with van der Waals surface area (Å²) >= 11 is 0. The molecule has 0 saturated carbocycles. The summed E-state index contributed by atoms with van der Waals surface area (Å²) in [6.45, 7) is 3.56. The zero-order chi connectivity index (χ0) is 16.8. The molecule has 0 atom stereocenters. The third-order valence-corrected chi connectivity index (χ3v) is 3.72. The first kappa shape index (κ1) is 16.1. The summed E-state index contributed by atoms with van der Waals surface area (Å²) in [4.78, 5) is 16.2. The maximum atomic E-state index is 12.0. The van der Waals surface area contributed by atoms with Crippen LogP contribution in [-0.2, 0) is 17.8 Å². The van der Waals surface area contributed by atoms with E-state index < -0.39 is 0 Å². The van der Waals surface area contributed by atoms with E-state index in [9.17, 15) is 4.79 Å². The minimum absolute atomic E-state index is 0.155. The van der Waals surface area contributed by atoms with Gasteiger partial charge >= 0.3 is 0 Å². The molecule has 5 nitrogen and oxygen atoms in total. The summed E-state index contributed by atoms with van der Waals surface area (Å²) < 4.78 is 10.9. The quantitative estimate of drug-likeness (QED) is 0.830. The molecule has 0 aliphatic carbocycles. The van der Waals surface area contributed by atoms with Crippen LogP contribution in [0.2, 0.25) is 0 Å². The lowest BCUT2D eigenvalue weighted by molar-refractivity contribution is -0.116. The van der Waals surface area contributed by atoms with Crippen LogP contribution < -0.4 is 14.8 Å². The average molecular weight is 324 g/mol. The SMILES string of the molecule is CCOc1ncccc1CNC(=O)/C=C/c1ccc2c(c1)CCO2. The highest BCUT2D eigenvalue weighted by molar-refractivity contribution is 5.91. The molecule has 124 valence electrons. The Morgan fingerprint density at radius 3 is 3.21 bits per heavy atom. The molecule has 1 aliphatic heterocycles. The molecule has 1 aromatic heterocycles. The zero-order valence-corrected chi connectivity index (χ0v) is 13.6. The highest BCUT2D eigenvalue weighted by Crippen LogP contribution is 2.26. The van der Waals surface area contributed by atoms with Gasteiger partial charge in [0.1, 0.15) is 5.75 Å². The predicted molar refractivity (Wildman–Crippen MR) is 91.9 cm³/mol. The van der Waals surface area contributed by atoms with Crippen LogP contribution in [0.5, 0.6) is 11.6 Å². The number of ether oxygens (including phenoxy) is 2. The van der Waals surface area contributed by atoms with Crippen molar-refractivity contribution in [1.29, 1.82) is 0 Å². The maximum Gasteiger partial charge on any atom is 0.244 e. The number of pyridine rings is 1. The van der Waals surface area contributed by atoms with E-state index in [2.05, 4.69) is 16.4 Å². The third kappa shape index (κ3) is 3.93. The number of nitrogens with one attached hydrogen (secondary N) is 1. The lowest BCUT2D eigenvalue weighted by atomic mass is 10.1. The summed E-state index contributed by atoms with van der Waals surface area (Å²) in [5.41, 5.74) is 3.04. The highest BCUT2D eigenvalue weighted by atomic mass is 16.5. The maximum absolute atomic E-state index is 12.0. The Hall–Kier alpha value is -2.82. The molecule has 1 amide bonds. The molecule has 0 fully saturated rings. The van der Waals surface area contributed by atoms with Crippen LogP contribution in [0.15, 0.2) is 42.6 Å². The molecule has 1 aliphatic rings. The molecule has 1 aromatic carbocycles. The summed E-state index contributed by atoms with van der Waals surface area (Å²) in [5.74, 6) is 1.34. The summed E-state index contributed by atoms with van der Waals surface area (Å²) in [6.07, 6.45) is 5.94. The molecule has 24 heavy (non-hydrogen) atoms. The van der Waals surface area contributed by atoms with Crippen molar-refractivity contribution in [2.75, 3.05) is 13.2 Å². The first-order valence-corrected chi connectivity index (χ1v) is 8.04. The summed E-state index contributed by atoms with van der Waals surface area (Å²) in [6, 6.07) is 9.67. The van der Waals surface area contributed by atoms with Gasteiger partial charge in [0.2, 0.25) is 11.8 Å². The molecule has 0 unspecified atom stereocenters. The fourth-order valence-corrected chi connectivity index (χ4v) is 2.55. The molecule has 3 rings (SSSR count). The minimum atomic E-state index is -0.155. The number of benzene rings is 1. The largest absolute Gasteiger partial charge is 0.493 e. The van der Waals surface area contributed by atoms with Crippen molar-refractivity contribution in [2.45, 2.75) is 19.9 Å². The molecule has 0 saturated heterocycles. The van der Waals surface area contributed by atoms with Crippen LogP contribution >= 0.6 is 0 Å². The smallest absolute Gasteiger partial charge is 0.244 e. The van der Waals surface area contributed by atoms with Gasteiger partial charge in [-0.15, -0.1) is 0 Å². The second-order valence-corrected chi connectivity index (χ2v) is 5.42. The van der Waals surface area contributed by atoms with E-state index in [1.54, 1.807) is 12.3 Å². The summed E-state index contributed by atoms with van der Waals surface area (Å²) in [7, 11) is 0. The van der Waals surface area contributed by atoms with Crippen LogP contribution in [0.1, 0.15) is 23.6 Å². The van der Waals surface area contributed by atoms with Crippen LogP contribution in [0.25, 0.3) is 6.08 Å². The van der Waals surface area contributed by atoms with Gasteiger partial charge in [0.15, 0.2) is 0 Å². The van der Waals surface area contributed by atoms with Gasteiger partial charge in [-0.05, 0) is 42.3 Å². The van der Waals surface area contributed by atoms with Gasteiger partial charge in [-0.25, -0.2) is 4.98 Å². The topological polar surface area (TPSA) is 60.5 Å². The van der Waals surface area contributed by atoms with Crippen molar-refractivity contribution >= 4 is 12.0 Å². The number of hydrogen-bond acceptors (Lipinski definition) is 4.